The monoisotopic (exact) mass is 222 g/mol. The van der Waals surface area contributed by atoms with Crippen molar-refractivity contribution in [1.29, 1.82) is 0 Å². The highest BCUT2D eigenvalue weighted by atomic mass is 16.5. The molecule has 0 aromatic heterocycles. The number of aryl methyl sites for hydroxylation is 1. The highest BCUT2D eigenvalue weighted by Crippen LogP contribution is 2.23. The lowest BCUT2D eigenvalue weighted by atomic mass is 10.2. The highest BCUT2D eigenvalue weighted by Gasteiger charge is 2.07. The second kappa shape index (κ2) is 6.38. The van der Waals surface area contributed by atoms with Crippen molar-refractivity contribution in [2.75, 3.05) is 36.9 Å². The Balaban J connectivity index is 2.70. The average molecular weight is 222 g/mol. The van der Waals surface area contributed by atoms with Crippen LogP contribution in [0.3, 0.4) is 0 Å². The van der Waals surface area contributed by atoms with Gasteiger partial charge < -0.3 is 15.4 Å². The molecule has 90 valence electrons. The molecule has 0 aliphatic rings. The number of benzene rings is 1. The van der Waals surface area contributed by atoms with Crippen LogP contribution in [0, 0.1) is 6.92 Å². The first-order chi connectivity index (χ1) is 7.69. The normalized spacial score (nSPS) is 10.4. The topological polar surface area (TPSA) is 38.5 Å². The summed E-state index contributed by atoms with van der Waals surface area (Å²) < 4.78 is 5.37. The SMILES string of the molecule is CCOCCN(CC)c1ccc(C)cc1N. The third-order valence-electron chi connectivity index (χ3n) is 2.62. The number of ether oxygens (including phenoxy) is 1. The van der Waals surface area contributed by atoms with Crippen LogP contribution < -0.4 is 10.6 Å². The van der Waals surface area contributed by atoms with Gasteiger partial charge in [-0.25, -0.2) is 0 Å². The summed E-state index contributed by atoms with van der Waals surface area (Å²) in [5.74, 6) is 0. The molecule has 0 saturated heterocycles. The predicted octanol–water partition coefficient (Wildman–Crippen LogP) is 2.44. The number of hydrogen-bond donors (Lipinski definition) is 1. The van der Waals surface area contributed by atoms with Crippen LogP contribution in [0.15, 0.2) is 18.2 Å². The number of hydrogen-bond acceptors (Lipinski definition) is 3. The second-order valence-corrected chi connectivity index (χ2v) is 3.84. The van der Waals surface area contributed by atoms with Crippen molar-refractivity contribution in [3.63, 3.8) is 0 Å². The summed E-state index contributed by atoms with van der Waals surface area (Å²) in [7, 11) is 0. The van der Waals surface area contributed by atoms with Crippen molar-refractivity contribution < 1.29 is 4.74 Å². The molecule has 1 rings (SSSR count). The van der Waals surface area contributed by atoms with E-state index in [9.17, 15) is 0 Å². The summed E-state index contributed by atoms with van der Waals surface area (Å²) in [6, 6.07) is 6.19. The number of nitrogen functional groups attached to an aromatic ring is 1. The smallest absolute Gasteiger partial charge is 0.0641 e. The minimum atomic E-state index is 0.748. The Morgan fingerprint density at radius 1 is 1.31 bits per heavy atom. The van der Waals surface area contributed by atoms with Gasteiger partial charge in [-0.2, -0.15) is 0 Å². The maximum Gasteiger partial charge on any atom is 0.0641 e. The van der Waals surface area contributed by atoms with E-state index in [4.69, 9.17) is 10.5 Å². The van der Waals surface area contributed by atoms with Gasteiger partial charge in [0.2, 0.25) is 0 Å². The lowest BCUT2D eigenvalue weighted by molar-refractivity contribution is 0.154. The van der Waals surface area contributed by atoms with Crippen LogP contribution in [-0.4, -0.2) is 26.3 Å². The van der Waals surface area contributed by atoms with Gasteiger partial charge in [0.25, 0.3) is 0 Å². The van der Waals surface area contributed by atoms with E-state index >= 15 is 0 Å². The van der Waals surface area contributed by atoms with Gasteiger partial charge in [-0.15, -0.1) is 0 Å². The number of nitrogens with zero attached hydrogens (tertiary/aromatic N) is 1. The van der Waals surface area contributed by atoms with Crippen LogP contribution in [-0.2, 0) is 4.74 Å². The quantitative estimate of drug-likeness (QED) is 0.593. The molecule has 0 fully saturated rings. The van der Waals surface area contributed by atoms with Gasteiger partial charge in [0, 0.05) is 19.7 Å². The molecule has 3 nitrogen and oxygen atoms in total. The molecule has 3 heteroatoms. The standard InChI is InChI=1S/C13H22N2O/c1-4-15(8-9-16-5-2)13-7-6-11(3)10-12(13)14/h6-7,10H,4-5,8-9,14H2,1-3H3. The summed E-state index contributed by atoms with van der Waals surface area (Å²) in [6.45, 7) is 9.54. The van der Waals surface area contributed by atoms with Crippen molar-refractivity contribution in [2.45, 2.75) is 20.8 Å². The van der Waals surface area contributed by atoms with Crippen LogP contribution in [0.5, 0.6) is 0 Å². The fourth-order valence-electron chi connectivity index (χ4n) is 1.73. The van der Waals surface area contributed by atoms with E-state index in [0.717, 1.165) is 37.7 Å². The molecule has 1 aromatic carbocycles. The Morgan fingerprint density at radius 3 is 2.62 bits per heavy atom. The fourth-order valence-corrected chi connectivity index (χ4v) is 1.73. The average Bonchev–Trinajstić information content (AvgIpc) is 2.26. The Bertz CT molecular complexity index is 326. The second-order valence-electron chi connectivity index (χ2n) is 3.84. The van der Waals surface area contributed by atoms with Crippen LogP contribution in [0.25, 0.3) is 0 Å². The third kappa shape index (κ3) is 3.42. The molecule has 1 aromatic rings. The van der Waals surface area contributed by atoms with E-state index in [1.165, 1.54) is 5.56 Å². The maximum atomic E-state index is 6.02. The minimum Gasteiger partial charge on any atom is -0.397 e. The lowest BCUT2D eigenvalue weighted by Crippen LogP contribution is -2.27. The van der Waals surface area contributed by atoms with Crippen LogP contribution in [0.4, 0.5) is 11.4 Å². The van der Waals surface area contributed by atoms with Crippen molar-refractivity contribution in [3.8, 4) is 0 Å². The summed E-state index contributed by atoms with van der Waals surface area (Å²) in [5, 5.41) is 0. The molecule has 0 aliphatic heterocycles. The third-order valence-corrected chi connectivity index (χ3v) is 2.62. The molecule has 16 heavy (non-hydrogen) atoms. The van der Waals surface area contributed by atoms with Crippen molar-refractivity contribution >= 4 is 11.4 Å². The molecule has 0 spiro atoms. The molecule has 0 saturated carbocycles. The Kier molecular flexibility index (Phi) is 5.12. The molecule has 0 amide bonds. The number of nitrogens with two attached hydrogens (primary N) is 1. The number of likely N-dealkylation sites (N-methyl/N-ethyl adjacent to an activating group) is 1. The molecule has 0 unspecified atom stereocenters. The van der Waals surface area contributed by atoms with Crippen LogP contribution in [0.2, 0.25) is 0 Å². The lowest BCUT2D eigenvalue weighted by Gasteiger charge is -2.24. The van der Waals surface area contributed by atoms with Gasteiger partial charge in [-0.1, -0.05) is 6.07 Å². The molecule has 0 heterocycles. The molecule has 0 radical (unpaired) electrons. The fraction of sp³-hybridized carbons (Fsp3) is 0.538. The largest absolute Gasteiger partial charge is 0.397 e. The summed E-state index contributed by atoms with van der Waals surface area (Å²) in [6.07, 6.45) is 0. The van der Waals surface area contributed by atoms with Gasteiger partial charge in [0.1, 0.15) is 0 Å². The van der Waals surface area contributed by atoms with Gasteiger partial charge in [-0.05, 0) is 38.5 Å². The zero-order valence-electron chi connectivity index (χ0n) is 10.5. The van der Waals surface area contributed by atoms with E-state index in [1.54, 1.807) is 0 Å². The number of anilines is 2. The van der Waals surface area contributed by atoms with Gasteiger partial charge in [-0.3, -0.25) is 0 Å². The number of rotatable bonds is 6. The zero-order chi connectivity index (χ0) is 12.0. The molecule has 2 N–H and O–H groups in total. The molecule has 0 atom stereocenters. The molecular weight excluding hydrogens is 200 g/mol. The molecule has 0 aliphatic carbocycles. The van der Waals surface area contributed by atoms with Crippen molar-refractivity contribution in [1.82, 2.24) is 0 Å². The highest BCUT2D eigenvalue weighted by molar-refractivity contribution is 5.68. The minimum absolute atomic E-state index is 0.748. The van der Waals surface area contributed by atoms with E-state index in [0.29, 0.717) is 0 Å². The van der Waals surface area contributed by atoms with Crippen molar-refractivity contribution in [3.05, 3.63) is 23.8 Å². The van der Waals surface area contributed by atoms with Crippen LogP contribution in [0.1, 0.15) is 19.4 Å². The molecular formula is C13H22N2O. The summed E-state index contributed by atoms with van der Waals surface area (Å²) in [4.78, 5) is 2.24. The first kappa shape index (κ1) is 12.8. The summed E-state index contributed by atoms with van der Waals surface area (Å²) in [5.41, 5.74) is 9.17. The zero-order valence-corrected chi connectivity index (χ0v) is 10.5. The van der Waals surface area contributed by atoms with Gasteiger partial charge >= 0.3 is 0 Å². The Labute approximate surface area is 98.2 Å². The van der Waals surface area contributed by atoms with Crippen molar-refractivity contribution in [2.24, 2.45) is 0 Å². The maximum absolute atomic E-state index is 6.02. The first-order valence-corrected chi connectivity index (χ1v) is 5.87. The van der Waals surface area contributed by atoms with E-state index < -0.39 is 0 Å². The predicted molar refractivity (Wildman–Crippen MR) is 70.0 cm³/mol. The molecule has 0 bridgehead atoms. The Morgan fingerprint density at radius 2 is 2.06 bits per heavy atom. The van der Waals surface area contributed by atoms with E-state index in [1.807, 2.05) is 13.0 Å². The van der Waals surface area contributed by atoms with E-state index in [-0.39, 0.29) is 0 Å². The Hall–Kier alpha value is -1.22. The first-order valence-electron chi connectivity index (χ1n) is 5.87. The van der Waals surface area contributed by atoms with Gasteiger partial charge in [0.15, 0.2) is 0 Å². The van der Waals surface area contributed by atoms with Gasteiger partial charge in [0.05, 0.1) is 18.0 Å². The van der Waals surface area contributed by atoms with E-state index in [2.05, 4.69) is 30.9 Å². The summed E-state index contributed by atoms with van der Waals surface area (Å²) >= 11 is 0. The van der Waals surface area contributed by atoms with Crippen LogP contribution >= 0.6 is 0 Å².